The summed E-state index contributed by atoms with van der Waals surface area (Å²) in [5.74, 6) is 2.88. The summed E-state index contributed by atoms with van der Waals surface area (Å²) in [6, 6.07) is 0. The second-order valence-corrected chi connectivity index (χ2v) is 4.15. The van der Waals surface area contributed by atoms with Gasteiger partial charge in [0.2, 0.25) is 0 Å². The molecule has 0 aliphatic carbocycles. The van der Waals surface area contributed by atoms with Crippen molar-refractivity contribution < 1.29 is 0 Å². The normalized spacial score (nSPS) is 34.0. The molecule has 0 aromatic heterocycles. The Labute approximate surface area is 69.6 Å². The molecule has 62 valence electrons. The van der Waals surface area contributed by atoms with Crippen LogP contribution in [0.5, 0.6) is 0 Å². The maximum absolute atomic E-state index is 5.47. The van der Waals surface area contributed by atoms with Crippen LogP contribution in [0.4, 0.5) is 0 Å². The molecule has 1 fully saturated rings. The van der Waals surface area contributed by atoms with Crippen molar-refractivity contribution in [3.8, 4) is 12.3 Å². The molecule has 0 spiro atoms. The second kappa shape index (κ2) is 2.53. The van der Waals surface area contributed by atoms with Crippen molar-refractivity contribution >= 4 is 0 Å². The van der Waals surface area contributed by atoms with Gasteiger partial charge in [0, 0.05) is 17.5 Å². The van der Waals surface area contributed by atoms with Crippen LogP contribution in [0.15, 0.2) is 0 Å². The Hall–Kier alpha value is -0.480. The fraction of sp³-hybridized carbons (Fsp3) is 0.800. The van der Waals surface area contributed by atoms with Crippen molar-refractivity contribution in [2.75, 3.05) is 6.54 Å². The van der Waals surface area contributed by atoms with Crippen LogP contribution >= 0.6 is 0 Å². The highest BCUT2D eigenvalue weighted by molar-refractivity contribution is 5.11. The molecule has 1 N–H and O–H groups in total. The Morgan fingerprint density at radius 1 is 1.73 bits per heavy atom. The fourth-order valence-electron chi connectivity index (χ4n) is 1.42. The Kier molecular flexibility index (Phi) is 1.98. The van der Waals surface area contributed by atoms with Crippen molar-refractivity contribution in [2.24, 2.45) is 5.41 Å². The third-order valence-electron chi connectivity index (χ3n) is 2.69. The maximum atomic E-state index is 5.47. The van der Waals surface area contributed by atoms with Crippen molar-refractivity contribution in [3.63, 3.8) is 0 Å². The standard InChI is InChI=1S/C10H17N/c1-5-9(3,6-2)7-10(4)8-11-10/h1,11H,6-8H2,2-4H3. The van der Waals surface area contributed by atoms with Gasteiger partial charge >= 0.3 is 0 Å². The van der Waals surface area contributed by atoms with Crippen LogP contribution in [0.2, 0.25) is 0 Å². The zero-order chi connectivity index (χ0) is 8.54. The molecular weight excluding hydrogens is 134 g/mol. The number of nitrogens with one attached hydrogen (secondary N) is 1. The molecule has 1 rings (SSSR count). The molecule has 0 aromatic rings. The van der Waals surface area contributed by atoms with E-state index in [4.69, 9.17) is 6.42 Å². The van der Waals surface area contributed by atoms with Crippen molar-refractivity contribution in [1.29, 1.82) is 0 Å². The highest BCUT2D eigenvalue weighted by Crippen LogP contribution is 2.35. The molecule has 11 heavy (non-hydrogen) atoms. The van der Waals surface area contributed by atoms with Crippen molar-refractivity contribution in [2.45, 2.75) is 39.2 Å². The highest BCUT2D eigenvalue weighted by Gasteiger charge is 2.41. The van der Waals surface area contributed by atoms with Crippen LogP contribution in [0.3, 0.4) is 0 Å². The van der Waals surface area contributed by atoms with Gasteiger partial charge in [-0.2, -0.15) is 0 Å². The molecular formula is C10H17N. The molecule has 1 heteroatoms. The van der Waals surface area contributed by atoms with Gasteiger partial charge in [-0.05, 0) is 26.7 Å². The van der Waals surface area contributed by atoms with Crippen LogP contribution < -0.4 is 5.32 Å². The van der Waals surface area contributed by atoms with Crippen LogP contribution in [-0.2, 0) is 0 Å². The quantitative estimate of drug-likeness (QED) is 0.482. The van der Waals surface area contributed by atoms with E-state index < -0.39 is 0 Å². The molecule has 0 amide bonds. The van der Waals surface area contributed by atoms with Crippen LogP contribution in [0.25, 0.3) is 0 Å². The smallest absolute Gasteiger partial charge is 0.0299 e. The maximum Gasteiger partial charge on any atom is 0.0299 e. The molecule has 1 saturated heterocycles. The SMILES string of the molecule is C#CC(C)(CC)CC1(C)CN1. The average Bonchev–Trinajstić information content (AvgIpc) is 2.68. The van der Waals surface area contributed by atoms with E-state index in [9.17, 15) is 0 Å². The second-order valence-electron chi connectivity index (χ2n) is 4.15. The summed E-state index contributed by atoms with van der Waals surface area (Å²) >= 11 is 0. The van der Waals surface area contributed by atoms with E-state index in [2.05, 4.69) is 32.0 Å². The molecule has 1 aliphatic heterocycles. The van der Waals surface area contributed by atoms with E-state index in [0.717, 1.165) is 19.4 Å². The summed E-state index contributed by atoms with van der Waals surface area (Å²) < 4.78 is 0. The number of rotatable bonds is 3. The Bertz CT molecular complexity index is 186. The fourth-order valence-corrected chi connectivity index (χ4v) is 1.42. The topological polar surface area (TPSA) is 21.9 Å². The third kappa shape index (κ3) is 1.97. The molecule has 2 atom stereocenters. The molecule has 0 bridgehead atoms. The van der Waals surface area contributed by atoms with Gasteiger partial charge in [0.05, 0.1) is 0 Å². The van der Waals surface area contributed by atoms with Gasteiger partial charge in [-0.1, -0.05) is 6.92 Å². The minimum Gasteiger partial charge on any atom is -0.308 e. The van der Waals surface area contributed by atoms with Gasteiger partial charge in [-0.3, -0.25) is 0 Å². The highest BCUT2D eigenvalue weighted by atomic mass is 15.1. The number of hydrogen-bond donors (Lipinski definition) is 1. The van der Waals surface area contributed by atoms with Crippen LogP contribution in [-0.4, -0.2) is 12.1 Å². The lowest BCUT2D eigenvalue weighted by atomic mass is 9.80. The van der Waals surface area contributed by atoms with Gasteiger partial charge in [-0.25, -0.2) is 0 Å². The third-order valence-corrected chi connectivity index (χ3v) is 2.69. The zero-order valence-electron chi connectivity index (χ0n) is 7.70. The van der Waals surface area contributed by atoms with Gasteiger partial charge in [0.1, 0.15) is 0 Å². The van der Waals surface area contributed by atoms with Crippen LogP contribution in [0, 0.1) is 17.8 Å². The average molecular weight is 151 g/mol. The molecule has 0 radical (unpaired) electrons. The van der Waals surface area contributed by atoms with Gasteiger partial charge in [0.25, 0.3) is 0 Å². The van der Waals surface area contributed by atoms with E-state index in [-0.39, 0.29) is 5.41 Å². The first kappa shape index (κ1) is 8.62. The molecule has 1 heterocycles. The van der Waals surface area contributed by atoms with Gasteiger partial charge in [-0.15, -0.1) is 12.3 Å². The minimum absolute atomic E-state index is 0.0955. The lowest BCUT2D eigenvalue weighted by molar-refractivity contribution is 0.351. The lowest BCUT2D eigenvalue weighted by Crippen LogP contribution is -2.23. The van der Waals surface area contributed by atoms with Gasteiger partial charge in [0.15, 0.2) is 0 Å². The van der Waals surface area contributed by atoms with E-state index in [1.165, 1.54) is 0 Å². The summed E-state index contributed by atoms with van der Waals surface area (Å²) in [5.41, 5.74) is 0.440. The summed E-state index contributed by atoms with van der Waals surface area (Å²) in [4.78, 5) is 0. The van der Waals surface area contributed by atoms with E-state index in [1.54, 1.807) is 0 Å². The number of terminal acetylenes is 1. The summed E-state index contributed by atoms with van der Waals surface area (Å²) in [6.45, 7) is 7.69. The Morgan fingerprint density at radius 2 is 2.27 bits per heavy atom. The Morgan fingerprint density at radius 3 is 2.55 bits per heavy atom. The summed E-state index contributed by atoms with van der Waals surface area (Å²) in [6.07, 6.45) is 7.65. The van der Waals surface area contributed by atoms with Gasteiger partial charge < -0.3 is 5.32 Å². The lowest BCUT2D eigenvalue weighted by Gasteiger charge is -2.24. The Balaban J connectivity index is 2.52. The van der Waals surface area contributed by atoms with E-state index in [0.29, 0.717) is 5.54 Å². The first-order chi connectivity index (χ1) is 5.04. The molecule has 1 aliphatic rings. The van der Waals surface area contributed by atoms with E-state index >= 15 is 0 Å². The molecule has 1 nitrogen and oxygen atoms in total. The number of hydrogen-bond acceptors (Lipinski definition) is 1. The molecule has 0 saturated carbocycles. The summed E-state index contributed by atoms with van der Waals surface area (Å²) in [7, 11) is 0. The summed E-state index contributed by atoms with van der Waals surface area (Å²) in [5, 5.41) is 3.34. The van der Waals surface area contributed by atoms with Crippen molar-refractivity contribution in [3.05, 3.63) is 0 Å². The van der Waals surface area contributed by atoms with E-state index in [1.807, 2.05) is 0 Å². The predicted octanol–water partition coefficient (Wildman–Crippen LogP) is 1.79. The molecule has 0 aromatic carbocycles. The largest absolute Gasteiger partial charge is 0.308 e. The first-order valence-electron chi connectivity index (χ1n) is 4.26. The van der Waals surface area contributed by atoms with Crippen LogP contribution in [0.1, 0.15) is 33.6 Å². The molecule has 2 unspecified atom stereocenters. The zero-order valence-corrected chi connectivity index (χ0v) is 7.70. The van der Waals surface area contributed by atoms with Crippen molar-refractivity contribution in [1.82, 2.24) is 5.32 Å². The predicted molar refractivity (Wildman–Crippen MR) is 48.3 cm³/mol. The first-order valence-corrected chi connectivity index (χ1v) is 4.26. The monoisotopic (exact) mass is 151 g/mol. The minimum atomic E-state index is 0.0955.